The summed E-state index contributed by atoms with van der Waals surface area (Å²) in [6.45, 7) is 8.00. The number of hydrogen-bond donors (Lipinski definition) is 2. The van der Waals surface area contributed by atoms with Crippen molar-refractivity contribution in [3.63, 3.8) is 0 Å². The average Bonchev–Trinajstić information content (AvgIpc) is 3.61. The van der Waals surface area contributed by atoms with Gasteiger partial charge in [0.25, 0.3) is 0 Å². The molecule has 0 radical (unpaired) electrons. The molecule has 0 bridgehead atoms. The lowest BCUT2D eigenvalue weighted by Gasteiger charge is -2.28. The van der Waals surface area contributed by atoms with Gasteiger partial charge in [0.05, 0.1) is 17.1 Å². The second-order valence-electron chi connectivity index (χ2n) is 9.78. The molecule has 5 rings (SSSR count). The van der Waals surface area contributed by atoms with Gasteiger partial charge in [-0.1, -0.05) is 12.1 Å². The van der Waals surface area contributed by atoms with E-state index in [0.717, 1.165) is 47.6 Å². The molecule has 3 N–H and O–H groups in total. The number of para-hydroxylation sites is 2. The topological polar surface area (TPSA) is 85.9 Å². The highest BCUT2D eigenvalue weighted by atomic mass is 15.6. The molecule has 8 nitrogen and oxygen atoms in total. The van der Waals surface area contributed by atoms with Gasteiger partial charge in [-0.05, 0) is 59.8 Å². The zero-order valence-electron chi connectivity index (χ0n) is 19.7. The number of nitrogens with one attached hydrogen (secondary N) is 1. The number of aryl methyl sites for hydroxylation is 1. The Morgan fingerprint density at radius 2 is 1.94 bits per heavy atom. The van der Waals surface area contributed by atoms with Crippen LogP contribution >= 0.6 is 0 Å². The molecule has 1 aromatic carbocycles. The number of amidine groups is 1. The molecule has 1 spiro atoms. The van der Waals surface area contributed by atoms with Gasteiger partial charge in [-0.25, -0.2) is 20.4 Å². The van der Waals surface area contributed by atoms with Gasteiger partial charge in [-0.2, -0.15) is 0 Å². The third-order valence-electron chi connectivity index (χ3n) is 7.06. The first kappa shape index (κ1) is 21.2. The quantitative estimate of drug-likeness (QED) is 0.648. The van der Waals surface area contributed by atoms with Crippen molar-refractivity contribution in [3.05, 3.63) is 41.9 Å². The summed E-state index contributed by atoms with van der Waals surface area (Å²) in [5, 5.41) is 1.98. The summed E-state index contributed by atoms with van der Waals surface area (Å²) in [5.41, 5.74) is 13.2. The van der Waals surface area contributed by atoms with Crippen LogP contribution < -0.4 is 21.1 Å². The number of nitrogens with zero attached hydrogens (tertiary/aromatic N) is 6. The maximum atomic E-state index is 6.38. The Morgan fingerprint density at radius 1 is 1.16 bits per heavy atom. The van der Waals surface area contributed by atoms with Crippen LogP contribution in [0.25, 0.3) is 0 Å². The predicted molar refractivity (Wildman–Crippen MR) is 130 cm³/mol. The first-order valence-electron chi connectivity index (χ1n) is 11.5. The van der Waals surface area contributed by atoms with Gasteiger partial charge in [0.1, 0.15) is 17.8 Å². The SMILES string of the molecule is CC1=NC(C)NN1c1cc(C2CC23CC3N(CCN(C)C)c2ccccc2N)nc(C)n1. The molecule has 3 aliphatic rings. The summed E-state index contributed by atoms with van der Waals surface area (Å²) >= 11 is 0. The number of benzene rings is 1. The fourth-order valence-corrected chi connectivity index (χ4v) is 5.28. The van der Waals surface area contributed by atoms with E-state index >= 15 is 0 Å². The molecule has 2 heterocycles. The monoisotopic (exact) mass is 434 g/mol. The van der Waals surface area contributed by atoms with E-state index in [2.05, 4.69) is 57.5 Å². The molecule has 0 amide bonds. The van der Waals surface area contributed by atoms with E-state index in [-0.39, 0.29) is 6.17 Å². The van der Waals surface area contributed by atoms with Crippen LogP contribution in [0.2, 0.25) is 0 Å². The summed E-state index contributed by atoms with van der Waals surface area (Å²) in [6, 6.07) is 10.9. The van der Waals surface area contributed by atoms with Crippen LogP contribution in [0.5, 0.6) is 0 Å². The average molecular weight is 435 g/mol. The Kier molecular flexibility index (Phi) is 5.09. The molecule has 1 aliphatic heterocycles. The minimum Gasteiger partial charge on any atom is -0.397 e. The van der Waals surface area contributed by atoms with E-state index in [1.165, 1.54) is 12.8 Å². The molecule has 2 aliphatic carbocycles. The van der Waals surface area contributed by atoms with Crippen molar-refractivity contribution in [1.82, 2.24) is 20.3 Å². The molecular weight excluding hydrogens is 400 g/mol. The number of hydrazine groups is 1. The standard InChI is InChI=1S/C24H34N8/c1-15-27-20(12-23(28-15)32-17(3)26-16(2)29-32)18-13-24(18)14-22(24)31(11-10-30(4)5)21-9-7-6-8-19(21)25/h6-9,12,16,18,22,29H,10-11,13-14,25H2,1-5H3. The minimum absolute atomic E-state index is 0.0652. The van der Waals surface area contributed by atoms with Crippen molar-refractivity contribution in [2.45, 2.75) is 51.7 Å². The van der Waals surface area contributed by atoms with Crippen molar-refractivity contribution in [3.8, 4) is 0 Å². The van der Waals surface area contributed by atoms with Crippen molar-refractivity contribution in [2.24, 2.45) is 10.4 Å². The number of aliphatic imine (C=N–C) groups is 1. The van der Waals surface area contributed by atoms with E-state index in [1.807, 2.05) is 37.9 Å². The largest absolute Gasteiger partial charge is 0.397 e. The molecule has 170 valence electrons. The van der Waals surface area contributed by atoms with Gasteiger partial charge in [0.2, 0.25) is 0 Å². The van der Waals surface area contributed by atoms with E-state index in [1.54, 1.807) is 0 Å². The number of rotatable bonds is 7. The fraction of sp³-hybridized carbons (Fsp3) is 0.542. The second kappa shape index (κ2) is 7.71. The number of hydrogen-bond acceptors (Lipinski definition) is 8. The summed E-state index contributed by atoms with van der Waals surface area (Å²) in [7, 11) is 4.25. The summed E-state index contributed by atoms with van der Waals surface area (Å²) in [5.74, 6) is 3.10. The molecular formula is C24H34N8. The van der Waals surface area contributed by atoms with Crippen LogP contribution in [0.15, 0.2) is 35.3 Å². The van der Waals surface area contributed by atoms with Crippen LogP contribution in [0, 0.1) is 12.3 Å². The Hall–Kier alpha value is -2.71. The Bertz CT molecular complexity index is 1050. The van der Waals surface area contributed by atoms with Crippen molar-refractivity contribution in [1.29, 1.82) is 0 Å². The third-order valence-corrected chi connectivity index (χ3v) is 7.06. The first-order valence-corrected chi connectivity index (χ1v) is 11.5. The van der Waals surface area contributed by atoms with Crippen molar-refractivity contribution in [2.75, 3.05) is 42.8 Å². The number of nitrogen functional groups attached to an aromatic ring is 1. The maximum absolute atomic E-state index is 6.38. The minimum atomic E-state index is 0.0652. The normalized spacial score (nSPS) is 28.4. The van der Waals surface area contributed by atoms with Crippen LogP contribution in [0.3, 0.4) is 0 Å². The highest BCUT2D eigenvalue weighted by molar-refractivity contribution is 5.95. The fourth-order valence-electron chi connectivity index (χ4n) is 5.28. The maximum Gasteiger partial charge on any atom is 0.152 e. The van der Waals surface area contributed by atoms with E-state index in [9.17, 15) is 0 Å². The van der Waals surface area contributed by atoms with Gasteiger partial charge >= 0.3 is 0 Å². The zero-order valence-corrected chi connectivity index (χ0v) is 19.7. The molecule has 2 aromatic rings. The Labute approximate surface area is 190 Å². The molecule has 4 unspecified atom stereocenters. The second-order valence-corrected chi connectivity index (χ2v) is 9.78. The van der Waals surface area contributed by atoms with Gasteiger partial charge < -0.3 is 15.5 Å². The van der Waals surface area contributed by atoms with Gasteiger partial charge in [0, 0.05) is 36.5 Å². The van der Waals surface area contributed by atoms with Gasteiger partial charge in [0.15, 0.2) is 5.82 Å². The first-order chi connectivity index (χ1) is 15.3. The highest BCUT2D eigenvalue weighted by Crippen LogP contribution is 2.76. The van der Waals surface area contributed by atoms with E-state index in [0.29, 0.717) is 17.4 Å². The van der Waals surface area contributed by atoms with Gasteiger partial charge in [-0.3, -0.25) is 4.99 Å². The predicted octanol–water partition coefficient (Wildman–Crippen LogP) is 2.77. The molecule has 32 heavy (non-hydrogen) atoms. The molecule has 0 saturated heterocycles. The number of aromatic nitrogens is 2. The molecule has 1 aromatic heterocycles. The smallest absolute Gasteiger partial charge is 0.152 e. The van der Waals surface area contributed by atoms with Crippen molar-refractivity contribution >= 4 is 23.0 Å². The summed E-state index contributed by atoms with van der Waals surface area (Å²) < 4.78 is 0. The Balaban J connectivity index is 1.38. The van der Waals surface area contributed by atoms with E-state index in [4.69, 9.17) is 10.7 Å². The third kappa shape index (κ3) is 3.71. The van der Waals surface area contributed by atoms with E-state index < -0.39 is 0 Å². The molecule has 2 fully saturated rings. The van der Waals surface area contributed by atoms with Gasteiger partial charge in [-0.15, -0.1) is 0 Å². The lowest BCUT2D eigenvalue weighted by Crippen LogP contribution is -2.39. The molecule has 4 atom stereocenters. The summed E-state index contributed by atoms with van der Waals surface area (Å²) in [6.07, 6.45) is 2.43. The highest BCUT2D eigenvalue weighted by Gasteiger charge is 2.73. The molecule has 8 heteroatoms. The van der Waals surface area contributed by atoms with Crippen molar-refractivity contribution < 1.29 is 0 Å². The molecule has 2 saturated carbocycles. The van der Waals surface area contributed by atoms with Crippen LogP contribution in [0.1, 0.15) is 44.1 Å². The lowest BCUT2D eigenvalue weighted by molar-refractivity contribution is 0.411. The van der Waals surface area contributed by atoms with Crippen LogP contribution in [-0.2, 0) is 0 Å². The Morgan fingerprint density at radius 3 is 2.62 bits per heavy atom. The summed E-state index contributed by atoms with van der Waals surface area (Å²) in [4.78, 5) is 18.9. The lowest BCUT2D eigenvalue weighted by atomic mass is 10.1. The number of nitrogens with two attached hydrogens (primary N) is 1. The zero-order chi connectivity index (χ0) is 22.6. The van der Waals surface area contributed by atoms with Crippen LogP contribution in [-0.4, -0.2) is 60.1 Å². The van der Waals surface area contributed by atoms with Crippen LogP contribution in [0.4, 0.5) is 17.2 Å². The number of anilines is 3. The number of likely N-dealkylation sites (N-methyl/N-ethyl adjacent to an activating group) is 1.